The molecule has 1 aliphatic heterocycles. The molecule has 1 aliphatic rings. The second-order valence-electron chi connectivity index (χ2n) is 6.90. The van der Waals surface area contributed by atoms with Gasteiger partial charge in [0.25, 0.3) is 0 Å². The summed E-state index contributed by atoms with van der Waals surface area (Å²) in [7, 11) is 1.74. The maximum Gasteiger partial charge on any atom is 0.335 e. The Morgan fingerprint density at radius 3 is 2.58 bits per heavy atom. The van der Waals surface area contributed by atoms with Crippen molar-refractivity contribution in [2.24, 2.45) is 0 Å². The smallest absolute Gasteiger partial charge is 0.335 e. The third kappa shape index (κ3) is 4.23. The third-order valence-corrected chi connectivity index (χ3v) is 5.02. The van der Waals surface area contributed by atoms with Gasteiger partial charge in [-0.15, -0.1) is 0 Å². The monoisotopic (exact) mass is 355 g/mol. The van der Waals surface area contributed by atoms with Gasteiger partial charge in [0.1, 0.15) is 18.0 Å². The van der Waals surface area contributed by atoms with Crippen molar-refractivity contribution in [1.29, 1.82) is 0 Å². The van der Waals surface area contributed by atoms with E-state index in [9.17, 15) is 4.79 Å². The fourth-order valence-corrected chi connectivity index (χ4v) is 3.34. The van der Waals surface area contributed by atoms with Gasteiger partial charge in [-0.25, -0.2) is 4.79 Å². The van der Waals surface area contributed by atoms with Crippen molar-refractivity contribution in [3.63, 3.8) is 0 Å². The van der Waals surface area contributed by atoms with Crippen LogP contribution >= 0.6 is 0 Å². The van der Waals surface area contributed by atoms with Crippen LogP contribution in [0, 0.1) is 6.92 Å². The fraction of sp³-hybridized carbons (Fsp3) is 0.381. The highest BCUT2D eigenvalue weighted by Gasteiger charge is 2.39. The average Bonchev–Trinajstić information content (AvgIpc) is 3.05. The highest BCUT2D eigenvalue weighted by atomic mass is 16.5. The van der Waals surface area contributed by atoms with Crippen molar-refractivity contribution in [3.05, 3.63) is 65.2 Å². The van der Waals surface area contributed by atoms with E-state index in [2.05, 4.69) is 4.90 Å². The lowest BCUT2D eigenvalue weighted by Gasteiger charge is -2.28. The number of benzene rings is 2. The molecule has 1 fully saturated rings. The molecule has 0 radical (unpaired) electrons. The molecule has 0 spiro atoms. The molecule has 2 aromatic carbocycles. The van der Waals surface area contributed by atoms with E-state index in [1.807, 2.05) is 43.3 Å². The van der Waals surface area contributed by atoms with E-state index in [0.717, 1.165) is 42.9 Å². The Hall–Kier alpha value is -2.37. The van der Waals surface area contributed by atoms with Crippen LogP contribution in [-0.2, 0) is 11.3 Å². The molecule has 3 rings (SSSR count). The number of likely N-dealkylation sites (tertiary alicyclic amines) is 1. The van der Waals surface area contributed by atoms with Crippen molar-refractivity contribution < 1.29 is 19.4 Å². The Kier molecular flexibility index (Phi) is 5.59. The summed E-state index contributed by atoms with van der Waals surface area (Å²) in [5.41, 5.74) is 2.21. The second kappa shape index (κ2) is 7.89. The zero-order valence-electron chi connectivity index (χ0n) is 15.3. The SMILES string of the molecule is CO[C@]1(COc2ccccc2C)CCN(Cc2ccc(C(=O)O)cc2)C1. The maximum absolute atomic E-state index is 11.0. The molecular formula is C21H25NO4. The summed E-state index contributed by atoms with van der Waals surface area (Å²) in [4.78, 5) is 13.3. The quantitative estimate of drug-likeness (QED) is 0.825. The first-order valence-corrected chi connectivity index (χ1v) is 8.79. The van der Waals surface area contributed by atoms with Crippen LogP contribution in [0.2, 0.25) is 0 Å². The molecule has 0 saturated carbocycles. The van der Waals surface area contributed by atoms with Gasteiger partial charge in [0.2, 0.25) is 0 Å². The zero-order chi connectivity index (χ0) is 18.6. The molecule has 0 aliphatic carbocycles. The Morgan fingerprint density at radius 1 is 1.19 bits per heavy atom. The van der Waals surface area contributed by atoms with E-state index in [1.165, 1.54) is 0 Å². The van der Waals surface area contributed by atoms with Gasteiger partial charge in [0.15, 0.2) is 0 Å². The molecule has 1 saturated heterocycles. The van der Waals surface area contributed by atoms with E-state index in [1.54, 1.807) is 19.2 Å². The Labute approximate surface area is 154 Å². The predicted octanol–water partition coefficient (Wildman–Crippen LogP) is 3.36. The lowest BCUT2D eigenvalue weighted by atomic mass is 10.0. The van der Waals surface area contributed by atoms with E-state index < -0.39 is 5.97 Å². The van der Waals surface area contributed by atoms with Gasteiger partial charge < -0.3 is 14.6 Å². The van der Waals surface area contributed by atoms with Crippen LogP contribution < -0.4 is 4.74 Å². The summed E-state index contributed by atoms with van der Waals surface area (Å²) in [6.45, 7) is 5.04. The number of aryl methyl sites for hydroxylation is 1. The molecular weight excluding hydrogens is 330 g/mol. The van der Waals surface area contributed by atoms with E-state index >= 15 is 0 Å². The molecule has 1 heterocycles. The van der Waals surface area contributed by atoms with Crippen LogP contribution in [0.15, 0.2) is 48.5 Å². The van der Waals surface area contributed by atoms with Crippen LogP contribution in [-0.4, -0.2) is 48.4 Å². The summed E-state index contributed by atoms with van der Waals surface area (Å²) in [6, 6.07) is 15.0. The van der Waals surface area contributed by atoms with Gasteiger partial charge in [-0.3, -0.25) is 4.90 Å². The van der Waals surface area contributed by atoms with Crippen molar-refractivity contribution >= 4 is 5.97 Å². The number of carboxylic acid groups (broad SMARTS) is 1. The van der Waals surface area contributed by atoms with Crippen molar-refractivity contribution in [2.75, 3.05) is 26.8 Å². The molecule has 0 aromatic heterocycles. The maximum atomic E-state index is 11.0. The topological polar surface area (TPSA) is 59.0 Å². The van der Waals surface area contributed by atoms with E-state index in [-0.39, 0.29) is 5.60 Å². The number of carboxylic acids is 1. The minimum atomic E-state index is -0.899. The molecule has 2 aromatic rings. The first kappa shape index (κ1) is 18.4. The van der Waals surface area contributed by atoms with Crippen LogP contribution in [0.4, 0.5) is 0 Å². The van der Waals surface area contributed by atoms with Gasteiger partial charge >= 0.3 is 5.97 Å². The normalized spacial score (nSPS) is 20.2. The molecule has 1 atom stereocenters. The predicted molar refractivity (Wildman–Crippen MR) is 99.7 cm³/mol. The van der Waals surface area contributed by atoms with E-state index in [0.29, 0.717) is 12.2 Å². The van der Waals surface area contributed by atoms with Crippen LogP contribution in [0.3, 0.4) is 0 Å². The molecule has 0 amide bonds. The Bertz CT molecular complexity index is 759. The van der Waals surface area contributed by atoms with Crippen molar-refractivity contribution in [2.45, 2.75) is 25.5 Å². The lowest BCUT2D eigenvalue weighted by molar-refractivity contribution is -0.0360. The first-order valence-electron chi connectivity index (χ1n) is 8.79. The summed E-state index contributed by atoms with van der Waals surface area (Å²) in [6.07, 6.45) is 0.905. The average molecular weight is 355 g/mol. The Morgan fingerprint density at radius 2 is 1.92 bits per heavy atom. The minimum Gasteiger partial charge on any atom is -0.490 e. The molecule has 1 N–H and O–H groups in total. The van der Waals surface area contributed by atoms with Crippen LogP contribution in [0.1, 0.15) is 27.9 Å². The van der Waals surface area contributed by atoms with Gasteiger partial charge in [-0.2, -0.15) is 0 Å². The highest BCUT2D eigenvalue weighted by Crippen LogP contribution is 2.28. The Balaban J connectivity index is 1.59. The number of methoxy groups -OCH3 is 1. The standard InChI is InChI=1S/C21H25NO4/c1-16-5-3-4-6-19(16)26-15-21(25-2)11-12-22(14-21)13-17-7-9-18(10-8-17)20(23)24/h3-10H,11-15H2,1-2H3,(H,23,24)/t21-/m1/s1. The van der Waals surface area contributed by atoms with Crippen molar-refractivity contribution in [1.82, 2.24) is 4.90 Å². The number of hydrogen-bond acceptors (Lipinski definition) is 4. The summed E-state index contributed by atoms with van der Waals surface area (Å²) in [5, 5.41) is 8.99. The minimum absolute atomic E-state index is 0.313. The van der Waals surface area contributed by atoms with Gasteiger partial charge in [-0.05, 0) is 42.7 Å². The summed E-state index contributed by atoms with van der Waals surface area (Å²) >= 11 is 0. The first-order chi connectivity index (χ1) is 12.5. The van der Waals surface area contributed by atoms with Gasteiger partial charge in [-0.1, -0.05) is 30.3 Å². The molecule has 0 unspecified atom stereocenters. The number of ether oxygens (including phenoxy) is 2. The number of para-hydroxylation sites is 1. The van der Waals surface area contributed by atoms with Gasteiger partial charge in [0, 0.05) is 26.7 Å². The summed E-state index contributed by atoms with van der Waals surface area (Å²) in [5.74, 6) is -0.00360. The van der Waals surface area contributed by atoms with Gasteiger partial charge in [0.05, 0.1) is 5.56 Å². The fourth-order valence-electron chi connectivity index (χ4n) is 3.34. The summed E-state index contributed by atoms with van der Waals surface area (Å²) < 4.78 is 11.9. The lowest BCUT2D eigenvalue weighted by Crippen LogP contribution is -2.41. The molecule has 0 bridgehead atoms. The number of carbonyl (C=O) groups is 1. The molecule has 5 nitrogen and oxygen atoms in total. The molecule has 26 heavy (non-hydrogen) atoms. The highest BCUT2D eigenvalue weighted by molar-refractivity contribution is 5.87. The molecule has 5 heteroatoms. The van der Waals surface area contributed by atoms with Crippen LogP contribution in [0.5, 0.6) is 5.75 Å². The number of aromatic carboxylic acids is 1. The largest absolute Gasteiger partial charge is 0.490 e. The van der Waals surface area contributed by atoms with E-state index in [4.69, 9.17) is 14.6 Å². The number of hydrogen-bond donors (Lipinski definition) is 1. The second-order valence-corrected chi connectivity index (χ2v) is 6.90. The third-order valence-electron chi connectivity index (χ3n) is 5.02. The number of nitrogens with zero attached hydrogens (tertiary/aromatic N) is 1. The number of rotatable bonds is 7. The zero-order valence-corrected chi connectivity index (χ0v) is 15.3. The van der Waals surface area contributed by atoms with Crippen LogP contribution in [0.25, 0.3) is 0 Å². The molecule has 138 valence electrons. The van der Waals surface area contributed by atoms with Crippen molar-refractivity contribution in [3.8, 4) is 5.75 Å².